The van der Waals surface area contributed by atoms with E-state index in [-0.39, 0.29) is 0 Å². The first kappa shape index (κ1) is 10.5. The van der Waals surface area contributed by atoms with Crippen molar-refractivity contribution in [3.05, 3.63) is 23.8 Å². The normalized spacial score (nSPS) is 14.8. The molecule has 0 radical (unpaired) electrons. The number of anilines is 1. The minimum Gasteiger partial charge on any atom is -0.492 e. The topological polar surface area (TPSA) is 73.1 Å². The Balaban J connectivity index is 2.00. The number of aromatic nitrogens is 2. The summed E-state index contributed by atoms with van der Waals surface area (Å²) >= 11 is 1.39. The minimum absolute atomic E-state index is 0.490. The second-order valence-electron chi connectivity index (χ2n) is 3.79. The summed E-state index contributed by atoms with van der Waals surface area (Å²) in [5.41, 5.74) is 7.77. The summed E-state index contributed by atoms with van der Waals surface area (Å²) in [6.45, 7) is 2.39. The van der Waals surface area contributed by atoms with Crippen molar-refractivity contribution in [2.24, 2.45) is 0 Å². The van der Waals surface area contributed by atoms with E-state index in [1.165, 1.54) is 11.3 Å². The molecule has 88 valence electrons. The van der Waals surface area contributed by atoms with Crippen LogP contribution in [0.2, 0.25) is 0 Å². The summed E-state index contributed by atoms with van der Waals surface area (Å²) in [4.78, 5) is 0. The summed E-state index contributed by atoms with van der Waals surface area (Å²) < 4.78 is 5.62. The molecule has 1 aliphatic heterocycles. The molecule has 0 aliphatic carbocycles. The van der Waals surface area contributed by atoms with Crippen molar-refractivity contribution in [2.45, 2.75) is 6.54 Å². The van der Waals surface area contributed by atoms with E-state index in [1.807, 2.05) is 12.1 Å². The van der Waals surface area contributed by atoms with Gasteiger partial charge in [0.2, 0.25) is 5.13 Å². The Morgan fingerprint density at radius 1 is 1.35 bits per heavy atom. The highest BCUT2D eigenvalue weighted by Crippen LogP contribution is 2.29. The quantitative estimate of drug-likeness (QED) is 0.795. The molecular formula is C11H12N4OS. The lowest BCUT2D eigenvalue weighted by Crippen LogP contribution is -2.16. The SMILES string of the molecule is Nc1nnc(-c2ccc3c(c2)CNCCO3)s1. The molecule has 0 spiro atoms. The summed E-state index contributed by atoms with van der Waals surface area (Å²) in [5, 5.41) is 12.5. The van der Waals surface area contributed by atoms with Gasteiger partial charge in [0, 0.05) is 24.2 Å². The van der Waals surface area contributed by atoms with Gasteiger partial charge >= 0.3 is 0 Å². The molecular weight excluding hydrogens is 236 g/mol. The van der Waals surface area contributed by atoms with E-state index in [1.54, 1.807) is 0 Å². The molecule has 0 saturated heterocycles. The highest BCUT2D eigenvalue weighted by molar-refractivity contribution is 7.18. The molecule has 0 saturated carbocycles. The second-order valence-corrected chi connectivity index (χ2v) is 4.80. The third kappa shape index (κ3) is 2.09. The molecule has 0 atom stereocenters. The smallest absolute Gasteiger partial charge is 0.203 e. The van der Waals surface area contributed by atoms with Crippen LogP contribution in [-0.2, 0) is 6.54 Å². The number of rotatable bonds is 1. The number of hydrogen-bond acceptors (Lipinski definition) is 6. The van der Waals surface area contributed by atoms with Gasteiger partial charge in [-0.15, -0.1) is 10.2 Å². The van der Waals surface area contributed by atoms with Crippen molar-refractivity contribution in [1.82, 2.24) is 15.5 Å². The van der Waals surface area contributed by atoms with Crippen LogP contribution in [0.3, 0.4) is 0 Å². The standard InChI is InChI=1S/C11H12N4OS/c12-11-15-14-10(17-11)7-1-2-9-8(5-7)6-13-3-4-16-9/h1-2,5,13H,3-4,6H2,(H2,12,15). The average molecular weight is 248 g/mol. The zero-order chi connectivity index (χ0) is 11.7. The summed E-state index contributed by atoms with van der Waals surface area (Å²) in [5.74, 6) is 0.941. The van der Waals surface area contributed by atoms with E-state index >= 15 is 0 Å². The first-order valence-corrected chi connectivity index (χ1v) is 6.20. The van der Waals surface area contributed by atoms with Crippen molar-refractivity contribution < 1.29 is 4.74 Å². The Labute approximate surface area is 103 Å². The maximum absolute atomic E-state index is 5.62. The number of benzene rings is 1. The second kappa shape index (κ2) is 4.31. The molecule has 3 rings (SSSR count). The van der Waals surface area contributed by atoms with Crippen molar-refractivity contribution in [2.75, 3.05) is 18.9 Å². The molecule has 0 bridgehead atoms. The van der Waals surface area contributed by atoms with E-state index < -0.39 is 0 Å². The van der Waals surface area contributed by atoms with Crippen molar-refractivity contribution in [3.8, 4) is 16.3 Å². The summed E-state index contributed by atoms with van der Waals surface area (Å²) in [6.07, 6.45) is 0. The molecule has 0 fully saturated rings. The fourth-order valence-corrected chi connectivity index (χ4v) is 2.41. The van der Waals surface area contributed by atoms with Gasteiger partial charge in [-0.2, -0.15) is 0 Å². The Kier molecular flexibility index (Phi) is 2.66. The molecule has 0 unspecified atom stereocenters. The van der Waals surface area contributed by atoms with Crippen molar-refractivity contribution in [3.63, 3.8) is 0 Å². The molecule has 3 N–H and O–H groups in total. The van der Waals surface area contributed by atoms with Gasteiger partial charge in [-0.1, -0.05) is 11.3 Å². The maximum Gasteiger partial charge on any atom is 0.203 e. The lowest BCUT2D eigenvalue weighted by atomic mass is 10.1. The predicted octanol–water partition coefficient (Wildman–Crippen LogP) is 1.27. The van der Waals surface area contributed by atoms with Crippen LogP contribution in [0, 0.1) is 0 Å². The number of hydrogen-bond donors (Lipinski definition) is 2. The largest absolute Gasteiger partial charge is 0.492 e. The number of nitrogen functional groups attached to an aromatic ring is 1. The van der Waals surface area contributed by atoms with E-state index in [4.69, 9.17) is 10.5 Å². The fourth-order valence-electron chi connectivity index (χ4n) is 1.80. The zero-order valence-corrected chi connectivity index (χ0v) is 9.96. The average Bonchev–Trinajstić information content (AvgIpc) is 2.64. The fraction of sp³-hybridized carbons (Fsp3) is 0.273. The lowest BCUT2D eigenvalue weighted by molar-refractivity contribution is 0.326. The van der Waals surface area contributed by atoms with Gasteiger partial charge in [-0.3, -0.25) is 0 Å². The van der Waals surface area contributed by atoms with Gasteiger partial charge in [0.1, 0.15) is 17.4 Å². The van der Waals surface area contributed by atoms with Crippen LogP contribution in [0.25, 0.3) is 10.6 Å². The lowest BCUT2D eigenvalue weighted by Gasteiger charge is -2.07. The van der Waals surface area contributed by atoms with Crippen LogP contribution in [-0.4, -0.2) is 23.3 Å². The van der Waals surface area contributed by atoms with Gasteiger partial charge in [0.25, 0.3) is 0 Å². The van der Waals surface area contributed by atoms with E-state index in [2.05, 4.69) is 21.6 Å². The number of nitrogens with one attached hydrogen (secondary N) is 1. The minimum atomic E-state index is 0.490. The van der Waals surface area contributed by atoms with Crippen LogP contribution in [0.15, 0.2) is 18.2 Å². The Morgan fingerprint density at radius 2 is 2.29 bits per heavy atom. The molecule has 2 heterocycles. The van der Waals surface area contributed by atoms with Crippen LogP contribution in [0.5, 0.6) is 5.75 Å². The summed E-state index contributed by atoms with van der Waals surface area (Å²) in [7, 11) is 0. The predicted molar refractivity (Wildman–Crippen MR) is 67.0 cm³/mol. The molecule has 1 aliphatic rings. The van der Waals surface area contributed by atoms with E-state index in [9.17, 15) is 0 Å². The number of ether oxygens (including phenoxy) is 1. The van der Waals surface area contributed by atoms with Crippen LogP contribution in [0.1, 0.15) is 5.56 Å². The Morgan fingerprint density at radius 3 is 3.12 bits per heavy atom. The summed E-state index contributed by atoms with van der Waals surface area (Å²) in [6, 6.07) is 6.05. The zero-order valence-electron chi connectivity index (χ0n) is 9.14. The van der Waals surface area contributed by atoms with Crippen molar-refractivity contribution >= 4 is 16.5 Å². The first-order chi connectivity index (χ1) is 8.33. The van der Waals surface area contributed by atoms with E-state index in [0.29, 0.717) is 11.7 Å². The van der Waals surface area contributed by atoms with Gasteiger partial charge in [0.05, 0.1) is 0 Å². The Hall–Kier alpha value is -1.66. The van der Waals surface area contributed by atoms with Gasteiger partial charge in [0.15, 0.2) is 0 Å². The number of fused-ring (bicyclic) bond motifs is 1. The third-order valence-corrected chi connectivity index (χ3v) is 3.40. The molecule has 2 aromatic rings. The van der Waals surface area contributed by atoms with E-state index in [0.717, 1.165) is 35.0 Å². The van der Waals surface area contributed by atoms with Gasteiger partial charge in [-0.05, 0) is 18.2 Å². The van der Waals surface area contributed by atoms with Crippen molar-refractivity contribution in [1.29, 1.82) is 0 Å². The highest BCUT2D eigenvalue weighted by atomic mass is 32.1. The van der Waals surface area contributed by atoms with Crippen LogP contribution < -0.4 is 15.8 Å². The molecule has 6 heteroatoms. The van der Waals surface area contributed by atoms with Gasteiger partial charge in [-0.25, -0.2) is 0 Å². The number of nitrogens with two attached hydrogens (primary N) is 1. The molecule has 1 aromatic carbocycles. The first-order valence-electron chi connectivity index (χ1n) is 5.39. The highest BCUT2D eigenvalue weighted by Gasteiger charge is 2.11. The molecule has 1 aromatic heterocycles. The number of nitrogens with zero attached hydrogens (tertiary/aromatic N) is 2. The Bertz CT molecular complexity index is 540. The third-order valence-electron chi connectivity index (χ3n) is 2.60. The van der Waals surface area contributed by atoms with Crippen LogP contribution >= 0.6 is 11.3 Å². The van der Waals surface area contributed by atoms with Crippen LogP contribution in [0.4, 0.5) is 5.13 Å². The maximum atomic E-state index is 5.62. The molecule has 0 amide bonds. The van der Waals surface area contributed by atoms with Gasteiger partial charge < -0.3 is 15.8 Å². The molecule has 5 nitrogen and oxygen atoms in total. The monoisotopic (exact) mass is 248 g/mol. The molecule has 17 heavy (non-hydrogen) atoms.